The van der Waals surface area contributed by atoms with E-state index in [0.717, 1.165) is 16.9 Å². The summed E-state index contributed by atoms with van der Waals surface area (Å²) in [5, 5.41) is 2.98. The molecular weight excluding hydrogens is 305 g/mol. The zero-order valence-electron chi connectivity index (χ0n) is 13.3. The number of imidazole rings is 1. The number of aromatic nitrogens is 2. The summed E-state index contributed by atoms with van der Waals surface area (Å²) in [5.74, 6) is 0.273. The topological polar surface area (TPSA) is 57.8 Å². The predicted molar refractivity (Wildman–Crippen MR) is 89.9 cm³/mol. The van der Waals surface area contributed by atoms with E-state index in [1.54, 1.807) is 12.1 Å². The second-order valence-corrected chi connectivity index (χ2v) is 6.34. The Hall–Kier alpha value is -2.69. The second kappa shape index (κ2) is 5.74. The standard InChI is InChI=1S/C19H18FN3O/c1-11(18-22-16-8-4-5-9-17(16)23-18)21-19(24)14-10-13(14)12-6-2-3-7-15(12)20/h2-9,11,13-14H,10H2,1H3,(H,21,24)(H,22,23). The zero-order chi connectivity index (χ0) is 16.7. The SMILES string of the molecule is CC(NC(=O)C1CC1c1ccccc1F)c1nc2ccccc2[nH]1. The molecule has 0 saturated heterocycles. The third-order valence-electron chi connectivity index (χ3n) is 4.61. The van der Waals surface area contributed by atoms with Crippen LogP contribution in [0, 0.1) is 11.7 Å². The van der Waals surface area contributed by atoms with Crippen LogP contribution in [0.3, 0.4) is 0 Å². The molecule has 2 aromatic carbocycles. The minimum absolute atomic E-state index is 0.0194. The lowest BCUT2D eigenvalue weighted by Gasteiger charge is -2.11. The van der Waals surface area contributed by atoms with Gasteiger partial charge in [0.2, 0.25) is 5.91 Å². The number of nitrogens with zero attached hydrogens (tertiary/aromatic N) is 1. The number of carbonyl (C=O) groups is 1. The number of aromatic amines is 1. The number of carbonyl (C=O) groups excluding carboxylic acids is 1. The van der Waals surface area contributed by atoms with Crippen molar-refractivity contribution >= 4 is 16.9 Å². The summed E-state index contributed by atoms with van der Waals surface area (Å²) in [4.78, 5) is 20.2. The number of amides is 1. The van der Waals surface area contributed by atoms with Gasteiger partial charge in [-0.25, -0.2) is 9.37 Å². The molecule has 3 atom stereocenters. The van der Waals surface area contributed by atoms with Gasteiger partial charge in [0, 0.05) is 5.92 Å². The van der Waals surface area contributed by atoms with Crippen molar-refractivity contribution in [2.75, 3.05) is 0 Å². The average Bonchev–Trinajstić information content (AvgIpc) is 3.25. The molecule has 0 aliphatic heterocycles. The molecule has 5 heteroatoms. The fourth-order valence-corrected chi connectivity index (χ4v) is 3.17. The lowest BCUT2D eigenvalue weighted by atomic mass is 10.1. The largest absolute Gasteiger partial charge is 0.346 e. The van der Waals surface area contributed by atoms with Crippen molar-refractivity contribution in [1.29, 1.82) is 0 Å². The number of hydrogen-bond acceptors (Lipinski definition) is 2. The van der Waals surface area contributed by atoms with Crippen LogP contribution in [0.4, 0.5) is 4.39 Å². The summed E-state index contributed by atoms with van der Waals surface area (Å²) in [6, 6.07) is 14.2. The van der Waals surface area contributed by atoms with E-state index in [1.165, 1.54) is 6.07 Å². The third-order valence-corrected chi connectivity index (χ3v) is 4.61. The summed E-state index contributed by atoms with van der Waals surface area (Å²) in [6.45, 7) is 1.90. The molecule has 0 radical (unpaired) electrons. The van der Waals surface area contributed by atoms with E-state index < -0.39 is 0 Å². The number of H-pyrrole nitrogens is 1. The van der Waals surface area contributed by atoms with Crippen molar-refractivity contribution < 1.29 is 9.18 Å². The number of halogens is 1. The van der Waals surface area contributed by atoms with Gasteiger partial charge >= 0.3 is 0 Å². The molecule has 24 heavy (non-hydrogen) atoms. The first-order chi connectivity index (χ1) is 11.6. The van der Waals surface area contributed by atoms with Crippen LogP contribution < -0.4 is 5.32 Å². The highest BCUT2D eigenvalue weighted by Gasteiger charge is 2.45. The summed E-state index contributed by atoms with van der Waals surface area (Å²) < 4.78 is 13.8. The van der Waals surface area contributed by atoms with Crippen LogP contribution in [0.1, 0.15) is 36.7 Å². The highest BCUT2D eigenvalue weighted by Crippen LogP contribution is 2.48. The molecule has 1 aliphatic rings. The van der Waals surface area contributed by atoms with E-state index in [-0.39, 0.29) is 29.6 Å². The molecule has 4 rings (SSSR count). The number of para-hydroxylation sites is 2. The quantitative estimate of drug-likeness (QED) is 0.769. The zero-order valence-corrected chi connectivity index (χ0v) is 13.3. The van der Waals surface area contributed by atoms with E-state index in [2.05, 4.69) is 15.3 Å². The van der Waals surface area contributed by atoms with Crippen molar-refractivity contribution in [2.45, 2.75) is 25.3 Å². The lowest BCUT2D eigenvalue weighted by Crippen LogP contribution is -2.29. The molecule has 3 unspecified atom stereocenters. The fraction of sp³-hybridized carbons (Fsp3) is 0.263. The van der Waals surface area contributed by atoms with Gasteiger partial charge in [-0.1, -0.05) is 30.3 Å². The first kappa shape index (κ1) is 14.9. The van der Waals surface area contributed by atoms with Crippen molar-refractivity contribution in [2.24, 2.45) is 5.92 Å². The van der Waals surface area contributed by atoms with Crippen LogP contribution in [-0.4, -0.2) is 15.9 Å². The Bertz CT molecular complexity index is 871. The Morgan fingerprint density at radius 1 is 1.25 bits per heavy atom. The summed E-state index contributed by atoms with van der Waals surface area (Å²) >= 11 is 0. The molecule has 4 nitrogen and oxygen atoms in total. The molecule has 0 spiro atoms. The highest BCUT2D eigenvalue weighted by atomic mass is 19.1. The molecular formula is C19H18FN3O. The van der Waals surface area contributed by atoms with E-state index in [0.29, 0.717) is 12.0 Å². The highest BCUT2D eigenvalue weighted by molar-refractivity contribution is 5.83. The van der Waals surface area contributed by atoms with Gasteiger partial charge in [0.1, 0.15) is 11.6 Å². The predicted octanol–water partition coefficient (Wildman–Crippen LogP) is 3.68. The number of nitrogens with one attached hydrogen (secondary N) is 2. The van der Waals surface area contributed by atoms with Gasteiger partial charge in [-0.15, -0.1) is 0 Å². The monoisotopic (exact) mass is 323 g/mol. The Balaban J connectivity index is 1.44. The second-order valence-electron chi connectivity index (χ2n) is 6.34. The van der Waals surface area contributed by atoms with Crippen molar-refractivity contribution in [3.63, 3.8) is 0 Å². The first-order valence-electron chi connectivity index (χ1n) is 8.13. The van der Waals surface area contributed by atoms with Gasteiger partial charge in [-0.05, 0) is 43.0 Å². The van der Waals surface area contributed by atoms with E-state index >= 15 is 0 Å². The van der Waals surface area contributed by atoms with Crippen molar-refractivity contribution in [3.05, 3.63) is 65.7 Å². The normalized spacial score (nSPS) is 20.8. The van der Waals surface area contributed by atoms with Crippen molar-refractivity contribution in [3.8, 4) is 0 Å². The van der Waals surface area contributed by atoms with Crippen LogP contribution in [0.5, 0.6) is 0 Å². The summed E-state index contributed by atoms with van der Waals surface area (Å²) in [7, 11) is 0. The molecule has 1 saturated carbocycles. The average molecular weight is 323 g/mol. The smallest absolute Gasteiger partial charge is 0.224 e. The molecule has 1 aliphatic carbocycles. The molecule has 0 bridgehead atoms. The fourth-order valence-electron chi connectivity index (χ4n) is 3.17. The van der Waals surface area contributed by atoms with Gasteiger partial charge < -0.3 is 10.3 Å². The number of hydrogen-bond donors (Lipinski definition) is 2. The molecule has 122 valence electrons. The number of fused-ring (bicyclic) bond motifs is 1. The number of benzene rings is 2. The van der Waals surface area contributed by atoms with Gasteiger partial charge in [0.15, 0.2) is 0 Å². The van der Waals surface area contributed by atoms with Crippen LogP contribution in [0.2, 0.25) is 0 Å². The third kappa shape index (κ3) is 2.66. The Morgan fingerprint density at radius 3 is 2.79 bits per heavy atom. The van der Waals surface area contributed by atoms with Gasteiger partial charge in [-0.3, -0.25) is 4.79 Å². The molecule has 1 amide bonds. The minimum Gasteiger partial charge on any atom is -0.346 e. The Labute approximate surface area is 139 Å². The van der Waals surface area contributed by atoms with Crippen LogP contribution in [-0.2, 0) is 4.79 Å². The maximum Gasteiger partial charge on any atom is 0.224 e. The molecule has 1 fully saturated rings. The van der Waals surface area contributed by atoms with Crippen molar-refractivity contribution in [1.82, 2.24) is 15.3 Å². The Morgan fingerprint density at radius 2 is 2.00 bits per heavy atom. The minimum atomic E-state index is -0.233. The number of rotatable bonds is 4. The van der Waals surface area contributed by atoms with E-state index in [9.17, 15) is 9.18 Å². The van der Waals surface area contributed by atoms with Crippen LogP contribution in [0.25, 0.3) is 11.0 Å². The maximum absolute atomic E-state index is 13.8. The molecule has 1 aromatic heterocycles. The first-order valence-corrected chi connectivity index (χ1v) is 8.13. The van der Waals surface area contributed by atoms with E-state index in [4.69, 9.17) is 0 Å². The van der Waals surface area contributed by atoms with Gasteiger partial charge in [0.05, 0.1) is 17.1 Å². The molecule has 3 aromatic rings. The maximum atomic E-state index is 13.8. The van der Waals surface area contributed by atoms with Crippen LogP contribution >= 0.6 is 0 Å². The van der Waals surface area contributed by atoms with Gasteiger partial charge in [-0.2, -0.15) is 0 Å². The van der Waals surface area contributed by atoms with Gasteiger partial charge in [0.25, 0.3) is 0 Å². The molecule has 1 heterocycles. The summed E-state index contributed by atoms with van der Waals surface area (Å²) in [6.07, 6.45) is 0.694. The van der Waals surface area contributed by atoms with Crippen LogP contribution in [0.15, 0.2) is 48.5 Å². The summed E-state index contributed by atoms with van der Waals surface area (Å²) in [5.41, 5.74) is 2.46. The Kier molecular flexibility index (Phi) is 3.56. The van der Waals surface area contributed by atoms with E-state index in [1.807, 2.05) is 37.3 Å². The molecule has 2 N–H and O–H groups in total. The lowest BCUT2D eigenvalue weighted by molar-refractivity contribution is -0.123.